The highest BCUT2D eigenvalue weighted by molar-refractivity contribution is 5.94. The first-order valence-corrected chi connectivity index (χ1v) is 5.67. The molecule has 0 aliphatic carbocycles. The van der Waals surface area contributed by atoms with E-state index in [0.717, 1.165) is 6.42 Å². The predicted molar refractivity (Wildman–Crippen MR) is 64.1 cm³/mol. The molecule has 0 radical (unpaired) electrons. The van der Waals surface area contributed by atoms with Crippen molar-refractivity contribution in [1.82, 2.24) is 0 Å². The van der Waals surface area contributed by atoms with Gasteiger partial charge in [0, 0.05) is 11.8 Å². The Balaban J connectivity index is 2.01. The van der Waals surface area contributed by atoms with E-state index >= 15 is 0 Å². The van der Waals surface area contributed by atoms with E-state index in [4.69, 9.17) is 15.2 Å². The zero-order valence-corrected chi connectivity index (χ0v) is 9.73. The van der Waals surface area contributed by atoms with Crippen LogP contribution < -0.4 is 20.5 Å². The van der Waals surface area contributed by atoms with Gasteiger partial charge in [0.2, 0.25) is 12.7 Å². The van der Waals surface area contributed by atoms with Gasteiger partial charge < -0.3 is 20.5 Å². The molecular weight excluding hydrogens is 220 g/mol. The number of anilines is 1. The van der Waals surface area contributed by atoms with E-state index in [2.05, 4.69) is 5.32 Å². The van der Waals surface area contributed by atoms with E-state index < -0.39 is 6.04 Å². The Kier molecular flexibility index (Phi) is 3.49. The zero-order chi connectivity index (χ0) is 12.3. The van der Waals surface area contributed by atoms with E-state index in [0.29, 0.717) is 23.6 Å². The summed E-state index contributed by atoms with van der Waals surface area (Å²) >= 11 is 0. The fraction of sp³-hybridized carbons (Fsp3) is 0.417. The van der Waals surface area contributed by atoms with Crippen LogP contribution in [0.5, 0.6) is 11.5 Å². The summed E-state index contributed by atoms with van der Waals surface area (Å²) in [5.74, 6) is 1.17. The van der Waals surface area contributed by atoms with E-state index in [9.17, 15) is 4.79 Å². The average molecular weight is 236 g/mol. The monoisotopic (exact) mass is 236 g/mol. The number of nitrogens with two attached hydrogens (primary N) is 1. The first-order chi connectivity index (χ1) is 8.20. The molecule has 1 aliphatic rings. The molecule has 1 atom stereocenters. The number of benzene rings is 1. The van der Waals surface area contributed by atoms with Crippen LogP contribution in [-0.2, 0) is 4.79 Å². The van der Waals surface area contributed by atoms with Gasteiger partial charge in [0.1, 0.15) is 0 Å². The van der Waals surface area contributed by atoms with Gasteiger partial charge in [-0.15, -0.1) is 0 Å². The van der Waals surface area contributed by atoms with Crippen molar-refractivity contribution in [3.05, 3.63) is 18.2 Å². The molecule has 1 aliphatic heterocycles. The fourth-order valence-electron chi connectivity index (χ4n) is 1.65. The summed E-state index contributed by atoms with van der Waals surface area (Å²) in [5.41, 5.74) is 6.39. The second-order valence-electron chi connectivity index (χ2n) is 3.95. The molecule has 5 heteroatoms. The molecule has 3 N–H and O–H groups in total. The molecule has 0 saturated carbocycles. The third-order valence-corrected chi connectivity index (χ3v) is 2.58. The average Bonchev–Trinajstić information content (AvgIpc) is 2.76. The Labute approximate surface area is 99.9 Å². The lowest BCUT2D eigenvalue weighted by molar-refractivity contribution is -0.117. The van der Waals surface area contributed by atoms with Gasteiger partial charge in [0.25, 0.3) is 0 Å². The maximum atomic E-state index is 11.7. The largest absolute Gasteiger partial charge is 0.454 e. The van der Waals surface area contributed by atoms with E-state index in [1.807, 2.05) is 6.92 Å². The van der Waals surface area contributed by atoms with Gasteiger partial charge in [-0.3, -0.25) is 4.79 Å². The maximum absolute atomic E-state index is 11.7. The molecule has 0 unspecified atom stereocenters. The van der Waals surface area contributed by atoms with Gasteiger partial charge in [0.05, 0.1) is 6.04 Å². The lowest BCUT2D eigenvalue weighted by atomic mass is 10.1. The Bertz CT molecular complexity index is 420. The van der Waals surface area contributed by atoms with Gasteiger partial charge in [-0.1, -0.05) is 13.3 Å². The Morgan fingerprint density at radius 3 is 3.00 bits per heavy atom. The Morgan fingerprint density at radius 2 is 2.24 bits per heavy atom. The SMILES string of the molecule is CCC[C@@H](N)C(=O)Nc1ccc2c(c1)OCO2. The molecule has 0 saturated heterocycles. The number of hydrogen-bond acceptors (Lipinski definition) is 4. The highest BCUT2D eigenvalue weighted by Gasteiger charge is 2.16. The second-order valence-corrected chi connectivity index (χ2v) is 3.95. The summed E-state index contributed by atoms with van der Waals surface area (Å²) in [7, 11) is 0. The number of fused-ring (bicyclic) bond motifs is 1. The van der Waals surface area contributed by atoms with Crippen LogP contribution in [0, 0.1) is 0 Å². The van der Waals surface area contributed by atoms with E-state index in [-0.39, 0.29) is 12.7 Å². The van der Waals surface area contributed by atoms with Gasteiger partial charge in [-0.25, -0.2) is 0 Å². The summed E-state index contributed by atoms with van der Waals surface area (Å²) in [6.45, 7) is 2.22. The molecule has 92 valence electrons. The van der Waals surface area contributed by atoms with Crippen molar-refractivity contribution in [3.8, 4) is 11.5 Å². The van der Waals surface area contributed by atoms with Crippen molar-refractivity contribution in [1.29, 1.82) is 0 Å². The normalized spacial score (nSPS) is 14.5. The first kappa shape index (κ1) is 11.7. The summed E-state index contributed by atoms with van der Waals surface area (Å²) in [4.78, 5) is 11.7. The van der Waals surface area contributed by atoms with Crippen LogP contribution in [0.1, 0.15) is 19.8 Å². The minimum atomic E-state index is -0.467. The highest BCUT2D eigenvalue weighted by Crippen LogP contribution is 2.34. The second kappa shape index (κ2) is 5.05. The third kappa shape index (κ3) is 2.68. The van der Waals surface area contributed by atoms with Gasteiger partial charge in [-0.2, -0.15) is 0 Å². The molecule has 1 amide bonds. The number of nitrogens with one attached hydrogen (secondary N) is 1. The van der Waals surface area contributed by atoms with Crippen molar-refractivity contribution in [3.63, 3.8) is 0 Å². The minimum absolute atomic E-state index is 0.175. The zero-order valence-electron chi connectivity index (χ0n) is 9.73. The lowest BCUT2D eigenvalue weighted by Crippen LogP contribution is -2.35. The minimum Gasteiger partial charge on any atom is -0.454 e. The molecule has 17 heavy (non-hydrogen) atoms. The quantitative estimate of drug-likeness (QED) is 0.830. The number of amides is 1. The van der Waals surface area contributed by atoms with Crippen LogP contribution in [-0.4, -0.2) is 18.7 Å². The standard InChI is InChI=1S/C12H16N2O3/c1-2-3-9(13)12(15)14-8-4-5-10-11(6-8)17-7-16-10/h4-6,9H,2-3,7,13H2,1H3,(H,14,15)/t9-/m1/s1. The van der Waals surface area contributed by atoms with Crippen LogP contribution in [0.3, 0.4) is 0 Å². The van der Waals surface area contributed by atoms with Crippen LogP contribution in [0.4, 0.5) is 5.69 Å². The number of carbonyl (C=O) groups excluding carboxylic acids is 1. The Morgan fingerprint density at radius 1 is 1.47 bits per heavy atom. The summed E-state index contributed by atoms with van der Waals surface area (Å²) < 4.78 is 10.4. The summed E-state index contributed by atoms with van der Waals surface area (Å²) in [6, 6.07) is 4.80. The lowest BCUT2D eigenvalue weighted by Gasteiger charge is -2.11. The smallest absolute Gasteiger partial charge is 0.241 e. The Hall–Kier alpha value is -1.75. The molecule has 0 bridgehead atoms. The number of ether oxygens (including phenoxy) is 2. The molecule has 5 nitrogen and oxygen atoms in total. The topological polar surface area (TPSA) is 73.6 Å². The first-order valence-electron chi connectivity index (χ1n) is 5.67. The van der Waals surface area contributed by atoms with Gasteiger partial charge >= 0.3 is 0 Å². The summed E-state index contributed by atoms with van der Waals surface area (Å²) in [6.07, 6.45) is 1.56. The fourth-order valence-corrected chi connectivity index (χ4v) is 1.65. The molecule has 1 aromatic rings. The van der Waals surface area contributed by atoms with Crippen LogP contribution in [0.2, 0.25) is 0 Å². The molecule has 2 rings (SSSR count). The summed E-state index contributed by atoms with van der Waals surface area (Å²) in [5, 5.41) is 2.76. The number of rotatable bonds is 4. The molecular formula is C12H16N2O3. The van der Waals surface area contributed by atoms with Gasteiger partial charge in [0.15, 0.2) is 11.5 Å². The van der Waals surface area contributed by atoms with E-state index in [1.54, 1.807) is 18.2 Å². The van der Waals surface area contributed by atoms with Crippen molar-refractivity contribution in [2.24, 2.45) is 5.73 Å². The van der Waals surface area contributed by atoms with Crippen LogP contribution in [0.25, 0.3) is 0 Å². The predicted octanol–water partition coefficient (Wildman–Crippen LogP) is 1.48. The van der Waals surface area contributed by atoms with Crippen LogP contribution in [0.15, 0.2) is 18.2 Å². The van der Waals surface area contributed by atoms with Gasteiger partial charge in [-0.05, 0) is 18.6 Å². The highest BCUT2D eigenvalue weighted by atomic mass is 16.7. The molecule has 0 spiro atoms. The number of hydrogen-bond donors (Lipinski definition) is 2. The molecule has 0 fully saturated rings. The van der Waals surface area contributed by atoms with Crippen molar-refractivity contribution >= 4 is 11.6 Å². The molecule has 1 aromatic carbocycles. The third-order valence-electron chi connectivity index (χ3n) is 2.58. The molecule has 0 aromatic heterocycles. The van der Waals surface area contributed by atoms with Crippen LogP contribution >= 0.6 is 0 Å². The maximum Gasteiger partial charge on any atom is 0.241 e. The van der Waals surface area contributed by atoms with Crippen molar-refractivity contribution in [2.75, 3.05) is 12.1 Å². The number of carbonyl (C=O) groups is 1. The van der Waals surface area contributed by atoms with Crippen molar-refractivity contribution in [2.45, 2.75) is 25.8 Å². The molecule has 1 heterocycles. The van der Waals surface area contributed by atoms with Crippen molar-refractivity contribution < 1.29 is 14.3 Å². The van der Waals surface area contributed by atoms with E-state index in [1.165, 1.54) is 0 Å².